The van der Waals surface area contributed by atoms with Gasteiger partial charge in [0.15, 0.2) is 6.61 Å². The van der Waals surface area contributed by atoms with Crippen LogP contribution >= 0.6 is 11.8 Å². The fourth-order valence-electron chi connectivity index (χ4n) is 2.82. The summed E-state index contributed by atoms with van der Waals surface area (Å²) in [5.74, 6) is 0.168. The number of benzene rings is 1. The third-order valence-corrected chi connectivity index (χ3v) is 5.41. The first-order chi connectivity index (χ1) is 11.1. The van der Waals surface area contributed by atoms with Gasteiger partial charge >= 0.3 is 5.97 Å². The molecule has 126 valence electrons. The fourth-order valence-corrected chi connectivity index (χ4v) is 3.65. The largest absolute Gasteiger partial charge is 0.455 e. The van der Waals surface area contributed by atoms with Gasteiger partial charge in [0.2, 0.25) is 0 Å². The summed E-state index contributed by atoms with van der Waals surface area (Å²) in [6.07, 6.45) is 4.56. The van der Waals surface area contributed by atoms with Gasteiger partial charge in [-0.25, -0.2) is 0 Å². The van der Waals surface area contributed by atoms with Gasteiger partial charge in [-0.2, -0.15) is 0 Å². The predicted molar refractivity (Wildman–Crippen MR) is 92.4 cm³/mol. The lowest BCUT2D eigenvalue weighted by molar-refractivity contribution is -0.146. The Labute approximate surface area is 142 Å². The summed E-state index contributed by atoms with van der Waals surface area (Å²) in [5.41, 5.74) is 1.13. The number of carbonyl (C=O) groups is 2. The molecule has 1 aromatic rings. The van der Waals surface area contributed by atoms with Gasteiger partial charge in [0.1, 0.15) is 0 Å². The Balaban J connectivity index is 1.67. The SMILES string of the molecule is Cc1ccccc1SCC(=O)OCC(=O)N[C@@H]1CCCC[C@H]1C. The molecular formula is C18H25NO3S. The monoisotopic (exact) mass is 335 g/mol. The normalized spacial score (nSPS) is 20.8. The molecule has 1 fully saturated rings. The maximum Gasteiger partial charge on any atom is 0.316 e. The first-order valence-electron chi connectivity index (χ1n) is 8.19. The van der Waals surface area contributed by atoms with Crippen LogP contribution in [0.4, 0.5) is 0 Å². The number of aryl methyl sites for hydroxylation is 1. The number of carbonyl (C=O) groups excluding carboxylic acids is 2. The zero-order valence-corrected chi connectivity index (χ0v) is 14.7. The van der Waals surface area contributed by atoms with Crippen LogP contribution in [0, 0.1) is 12.8 Å². The molecule has 1 aliphatic carbocycles. The van der Waals surface area contributed by atoms with Gasteiger partial charge in [-0.05, 0) is 37.3 Å². The summed E-state index contributed by atoms with van der Waals surface area (Å²) >= 11 is 1.44. The predicted octanol–water partition coefficient (Wildman–Crippen LogP) is 3.33. The summed E-state index contributed by atoms with van der Waals surface area (Å²) in [6.45, 7) is 3.98. The first-order valence-corrected chi connectivity index (χ1v) is 9.18. The van der Waals surface area contributed by atoms with Crippen molar-refractivity contribution in [1.29, 1.82) is 0 Å². The molecule has 0 aliphatic heterocycles. The van der Waals surface area contributed by atoms with Crippen LogP contribution in [-0.4, -0.2) is 30.3 Å². The van der Waals surface area contributed by atoms with Gasteiger partial charge in [0.25, 0.3) is 5.91 Å². The molecule has 0 unspecified atom stereocenters. The molecule has 4 nitrogen and oxygen atoms in total. The quantitative estimate of drug-likeness (QED) is 0.640. The fraction of sp³-hybridized carbons (Fsp3) is 0.556. The minimum absolute atomic E-state index is 0.184. The van der Waals surface area contributed by atoms with Crippen LogP contribution in [0.1, 0.15) is 38.2 Å². The van der Waals surface area contributed by atoms with Gasteiger partial charge in [-0.1, -0.05) is 38.0 Å². The molecule has 0 radical (unpaired) electrons. The second kappa shape index (κ2) is 8.96. The highest BCUT2D eigenvalue weighted by Crippen LogP contribution is 2.24. The van der Waals surface area contributed by atoms with Gasteiger partial charge in [-0.3, -0.25) is 9.59 Å². The van der Waals surface area contributed by atoms with Crippen LogP contribution in [0.2, 0.25) is 0 Å². The van der Waals surface area contributed by atoms with Gasteiger partial charge in [-0.15, -0.1) is 11.8 Å². The van der Waals surface area contributed by atoms with E-state index >= 15 is 0 Å². The third-order valence-electron chi connectivity index (χ3n) is 4.26. The molecule has 1 amide bonds. The summed E-state index contributed by atoms with van der Waals surface area (Å²) < 4.78 is 5.07. The van der Waals surface area contributed by atoms with E-state index in [1.165, 1.54) is 18.2 Å². The summed E-state index contributed by atoms with van der Waals surface area (Å²) in [7, 11) is 0. The highest BCUT2D eigenvalue weighted by molar-refractivity contribution is 8.00. The minimum Gasteiger partial charge on any atom is -0.455 e. The second-order valence-electron chi connectivity index (χ2n) is 6.15. The highest BCUT2D eigenvalue weighted by Gasteiger charge is 2.23. The number of nitrogens with one attached hydrogen (secondary N) is 1. The van der Waals surface area contributed by atoms with Crippen LogP contribution in [-0.2, 0) is 14.3 Å². The molecule has 5 heteroatoms. The van der Waals surface area contributed by atoms with E-state index in [1.54, 1.807) is 0 Å². The van der Waals surface area contributed by atoms with Gasteiger partial charge in [0.05, 0.1) is 5.75 Å². The van der Waals surface area contributed by atoms with Crippen LogP contribution in [0.5, 0.6) is 0 Å². The number of hydrogen-bond donors (Lipinski definition) is 1. The number of ether oxygens (including phenoxy) is 1. The maximum atomic E-state index is 11.9. The van der Waals surface area contributed by atoms with Crippen molar-refractivity contribution in [3.8, 4) is 0 Å². The number of amides is 1. The number of hydrogen-bond acceptors (Lipinski definition) is 4. The molecule has 1 aromatic carbocycles. The van der Waals surface area contributed by atoms with E-state index in [1.807, 2.05) is 31.2 Å². The molecule has 0 aromatic heterocycles. The van der Waals surface area contributed by atoms with E-state index in [9.17, 15) is 9.59 Å². The van der Waals surface area contributed by atoms with Crippen molar-refractivity contribution in [2.75, 3.05) is 12.4 Å². The molecule has 0 saturated heterocycles. The topological polar surface area (TPSA) is 55.4 Å². The van der Waals surface area contributed by atoms with Gasteiger partial charge < -0.3 is 10.1 Å². The van der Waals surface area contributed by atoms with E-state index in [0.717, 1.165) is 29.7 Å². The van der Waals surface area contributed by atoms with E-state index in [0.29, 0.717) is 5.92 Å². The Morgan fingerprint density at radius 3 is 2.74 bits per heavy atom. The lowest BCUT2D eigenvalue weighted by Gasteiger charge is -2.29. The van der Waals surface area contributed by atoms with E-state index < -0.39 is 0 Å². The minimum atomic E-state index is -0.356. The van der Waals surface area contributed by atoms with Crippen molar-refractivity contribution in [2.45, 2.75) is 50.5 Å². The second-order valence-corrected chi connectivity index (χ2v) is 7.17. The molecule has 2 atom stereocenters. The Hall–Kier alpha value is -1.49. The van der Waals surface area contributed by atoms with Crippen molar-refractivity contribution in [1.82, 2.24) is 5.32 Å². The summed E-state index contributed by atoms with van der Waals surface area (Å²) in [5, 5.41) is 2.98. The molecule has 23 heavy (non-hydrogen) atoms. The Morgan fingerprint density at radius 2 is 2.00 bits per heavy atom. The van der Waals surface area contributed by atoms with Crippen molar-refractivity contribution < 1.29 is 14.3 Å². The molecule has 1 saturated carbocycles. The first kappa shape index (κ1) is 17.9. The van der Waals surface area contributed by atoms with Crippen LogP contribution < -0.4 is 5.32 Å². The third kappa shape index (κ3) is 5.90. The average Bonchev–Trinajstić information content (AvgIpc) is 2.54. The van der Waals surface area contributed by atoms with Gasteiger partial charge in [0, 0.05) is 10.9 Å². The van der Waals surface area contributed by atoms with E-state index in [2.05, 4.69) is 12.2 Å². The maximum absolute atomic E-state index is 11.9. The van der Waals surface area contributed by atoms with Crippen LogP contribution in [0.25, 0.3) is 0 Å². The zero-order valence-electron chi connectivity index (χ0n) is 13.8. The number of rotatable bonds is 6. The molecule has 2 rings (SSSR count). The molecular weight excluding hydrogens is 310 g/mol. The zero-order chi connectivity index (χ0) is 16.7. The van der Waals surface area contributed by atoms with Crippen molar-refractivity contribution in [3.63, 3.8) is 0 Å². The standard InChI is InChI=1S/C18H25NO3S/c1-13-7-3-5-9-15(13)19-17(20)11-22-18(21)12-23-16-10-6-4-8-14(16)2/h4,6,8,10,13,15H,3,5,7,9,11-12H2,1-2H3,(H,19,20)/t13-,15-/m1/s1. The summed E-state index contributed by atoms with van der Waals surface area (Å²) in [6, 6.07) is 8.11. The highest BCUT2D eigenvalue weighted by atomic mass is 32.2. The smallest absolute Gasteiger partial charge is 0.316 e. The molecule has 1 aliphatic rings. The Bertz CT molecular complexity index is 547. The molecule has 0 spiro atoms. The summed E-state index contributed by atoms with van der Waals surface area (Å²) in [4.78, 5) is 24.7. The Kier molecular flexibility index (Phi) is 6.96. The lowest BCUT2D eigenvalue weighted by Crippen LogP contribution is -2.43. The molecule has 1 N–H and O–H groups in total. The van der Waals surface area contributed by atoms with E-state index in [4.69, 9.17) is 4.74 Å². The van der Waals surface area contributed by atoms with Crippen molar-refractivity contribution >= 4 is 23.6 Å². The van der Waals surface area contributed by atoms with Crippen molar-refractivity contribution in [2.24, 2.45) is 5.92 Å². The molecule has 0 bridgehead atoms. The van der Waals surface area contributed by atoms with E-state index in [-0.39, 0.29) is 30.3 Å². The lowest BCUT2D eigenvalue weighted by atomic mass is 9.86. The number of thioether (sulfide) groups is 1. The Morgan fingerprint density at radius 1 is 1.26 bits per heavy atom. The average molecular weight is 335 g/mol. The van der Waals surface area contributed by atoms with Crippen LogP contribution in [0.15, 0.2) is 29.2 Å². The number of esters is 1. The molecule has 0 heterocycles. The van der Waals surface area contributed by atoms with Crippen molar-refractivity contribution in [3.05, 3.63) is 29.8 Å². The van der Waals surface area contributed by atoms with Crippen LogP contribution in [0.3, 0.4) is 0 Å².